The normalized spacial score (nSPS) is 37.9. The molecule has 2 rings (SSSR count). The molecule has 1 aromatic heterocycles. The summed E-state index contributed by atoms with van der Waals surface area (Å²) in [6, 6.07) is 1.31. The first-order chi connectivity index (χ1) is 6.75. The van der Waals surface area contributed by atoms with Gasteiger partial charge in [0.15, 0.2) is 0 Å². The van der Waals surface area contributed by atoms with E-state index in [1.165, 1.54) is 12.3 Å². The fraction of sp³-hybridized carbons (Fsp3) is 0.429. The molecule has 0 unspecified atom stereocenters. The molecule has 0 atom stereocenters. The molecule has 2 nitrogen and oxygen atoms in total. The SMILES string of the molecule is [2H]C1([2H])C([2H])([2H])C1([2H])c1ccnc(Cl)n1. The van der Waals surface area contributed by atoms with Crippen molar-refractivity contribution in [1.29, 1.82) is 0 Å². The van der Waals surface area contributed by atoms with E-state index in [-0.39, 0.29) is 11.0 Å². The molecule has 0 aromatic carbocycles. The quantitative estimate of drug-likeness (QED) is 0.586. The molecule has 1 heterocycles. The molecule has 0 saturated heterocycles. The first kappa shape index (κ1) is 2.78. The predicted molar refractivity (Wildman–Crippen MR) is 39.0 cm³/mol. The molecule has 1 aromatic rings. The lowest BCUT2D eigenvalue weighted by atomic mass is 10.3. The number of rotatable bonds is 1. The Bertz CT molecular complexity index is 408. The highest BCUT2D eigenvalue weighted by atomic mass is 35.5. The van der Waals surface area contributed by atoms with Gasteiger partial charge in [0.25, 0.3) is 0 Å². The Kier molecular flexibility index (Phi) is 0.612. The third kappa shape index (κ3) is 1.12. The fourth-order valence-corrected chi connectivity index (χ4v) is 0.781. The highest BCUT2D eigenvalue weighted by Gasteiger charge is 2.24. The summed E-state index contributed by atoms with van der Waals surface area (Å²) in [5.74, 6) is -1.99. The maximum Gasteiger partial charge on any atom is 0.222 e. The van der Waals surface area contributed by atoms with E-state index in [0.29, 0.717) is 0 Å². The highest BCUT2D eigenvalue weighted by molar-refractivity contribution is 6.28. The lowest BCUT2D eigenvalue weighted by Crippen LogP contribution is -1.87. The minimum absolute atomic E-state index is 0.0301. The average Bonchev–Trinajstić information content (AvgIpc) is 2.45. The Morgan fingerprint density at radius 3 is 3.20 bits per heavy atom. The zero-order chi connectivity index (χ0) is 11.5. The van der Waals surface area contributed by atoms with Gasteiger partial charge in [0.2, 0.25) is 5.28 Å². The van der Waals surface area contributed by atoms with E-state index in [4.69, 9.17) is 18.5 Å². The molecular weight excluding hydrogens is 148 g/mol. The van der Waals surface area contributed by atoms with Crippen molar-refractivity contribution in [1.82, 2.24) is 9.97 Å². The molecule has 1 saturated carbocycles. The summed E-state index contributed by atoms with van der Waals surface area (Å²) in [7, 11) is 0. The van der Waals surface area contributed by atoms with E-state index in [2.05, 4.69) is 9.97 Å². The van der Waals surface area contributed by atoms with Gasteiger partial charge in [-0.05, 0) is 30.4 Å². The van der Waals surface area contributed by atoms with Gasteiger partial charge in [-0.15, -0.1) is 0 Å². The van der Waals surface area contributed by atoms with E-state index in [0.717, 1.165) is 0 Å². The lowest BCUT2D eigenvalue weighted by Gasteiger charge is -1.93. The molecule has 1 aliphatic carbocycles. The monoisotopic (exact) mass is 159 g/mol. The third-order valence-electron chi connectivity index (χ3n) is 1.13. The summed E-state index contributed by atoms with van der Waals surface area (Å²) >= 11 is 5.51. The van der Waals surface area contributed by atoms with E-state index in [9.17, 15) is 0 Å². The molecule has 3 heteroatoms. The zero-order valence-electron chi connectivity index (χ0n) is 9.93. The van der Waals surface area contributed by atoms with Crippen molar-refractivity contribution in [3.05, 3.63) is 23.2 Å². The van der Waals surface area contributed by atoms with Crippen LogP contribution in [0.5, 0.6) is 0 Å². The first-order valence-corrected chi connectivity index (χ1v) is 3.12. The van der Waals surface area contributed by atoms with Crippen LogP contribution < -0.4 is 0 Å². The Hall–Kier alpha value is -0.630. The number of hydrogen-bond acceptors (Lipinski definition) is 2. The standard InChI is InChI=1S/C7H7ClN2/c8-7-9-4-3-6(10-7)5-1-2-5/h3-5H,1-2H2/i1D2,2D2,5D. The van der Waals surface area contributed by atoms with Crippen molar-refractivity contribution in [2.45, 2.75) is 18.6 Å². The van der Waals surface area contributed by atoms with Crippen LogP contribution in [0.3, 0.4) is 0 Å². The Labute approximate surface area is 71.3 Å². The summed E-state index contributed by atoms with van der Waals surface area (Å²) in [5, 5.41) is -0.113. The second-order valence-corrected chi connectivity index (χ2v) is 2.17. The van der Waals surface area contributed by atoms with Crippen LogP contribution in [-0.4, -0.2) is 9.97 Å². The zero-order valence-corrected chi connectivity index (χ0v) is 5.68. The van der Waals surface area contributed by atoms with Crippen LogP contribution in [-0.2, 0) is 0 Å². The molecule has 1 aliphatic rings. The first-order valence-electron chi connectivity index (χ1n) is 5.24. The molecule has 52 valence electrons. The fourth-order valence-electron chi connectivity index (χ4n) is 0.633. The van der Waals surface area contributed by atoms with Gasteiger partial charge in [0, 0.05) is 24.6 Å². The molecule has 10 heavy (non-hydrogen) atoms. The minimum Gasteiger partial charge on any atom is -0.227 e. The van der Waals surface area contributed by atoms with Gasteiger partial charge in [-0.25, -0.2) is 9.97 Å². The molecule has 0 spiro atoms. The molecular formula is C7H7ClN2. The molecule has 0 N–H and O–H groups in total. The van der Waals surface area contributed by atoms with Crippen molar-refractivity contribution >= 4 is 11.6 Å². The van der Waals surface area contributed by atoms with Crippen molar-refractivity contribution in [2.75, 3.05) is 0 Å². The van der Waals surface area contributed by atoms with Gasteiger partial charge in [-0.3, -0.25) is 0 Å². The molecule has 0 bridgehead atoms. The topological polar surface area (TPSA) is 25.8 Å². The molecule has 1 fully saturated rings. The van der Waals surface area contributed by atoms with Crippen LogP contribution >= 0.6 is 11.6 Å². The summed E-state index contributed by atoms with van der Waals surface area (Å²) < 4.78 is 37.4. The van der Waals surface area contributed by atoms with Crippen LogP contribution in [0.2, 0.25) is 5.28 Å². The number of hydrogen-bond donors (Lipinski definition) is 0. The summed E-state index contributed by atoms with van der Waals surface area (Å²) in [6.45, 7) is 0. The van der Waals surface area contributed by atoms with Crippen LogP contribution in [0.1, 0.15) is 31.2 Å². The second kappa shape index (κ2) is 2.20. The third-order valence-corrected chi connectivity index (χ3v) is 1.31. The molecule has 0 aliphatic heterocycles. The Morgan fingerprint density at radius 1 is 1.80 bits per heavy atom. The summed E-state index contributed by atoms with van der Waals surface area (Å²) in [4.78, 5) is 7.29. The van der Waals surface area contributed by atoms with Crippen LogP contribution in [0, 0.1) is 0 Å². The Balaban J connectivity index is 2.51. The van der Waals surface area contributed by atoms with Crippen molar-refractivity contribution in [2.24, 2.45) is 0 Å². The van der Waals surface area contributed by atoms with Gasteiger partial charge in [-0.1, -0.05) is 0 Å². The van der Waals surface area contributed by atoms with E-state index in [1.807, 2.05) is 0 Å². The highest BCUT2D eigenvalue weighted by Crippen LogP contribution is 2.38. The minimum atomic E-state index is -2.25. The average molecular weight is 160 g/mol. The van der Waals surface area contributed by atoms with Crippen molar-refractivity contribution in [3.8, 4) is 0 Å². The van der Waals surface area contributed by atoms with Crippen LogP contribution in [0.4, 0.5) is 0 Å². The van der Waals surface area contributed by atoms with Gasteiger partial charge in [0.1, 0.15) is 0 Å². The second-order valence-electron chi connectivity index (χ2n) is 1.84. The summed E-state index contributed by atoms with van der Waals surface area (Å²) in [6.07, 6.45) is -3.22. The van der Waals surface area contributed by atoms with Crippen molar-refractivity contribution in [3.63, 3.8) is 0 Å². The van der Waals surface area contributed by atoms with Crippen molar-refractivity contribution < 1.29 is 6.85 Å². The largest absolute Gasteiger partial charge is 0.227 e. The maximum absolute atomic E-state index is 7.79. The Morgan fingerprint density at radius 2 is 2.60 bits per heavy atom. The molecule has 0 radical (unpaired) electrons. The predicted octanol–water partition coefficient (Wildman–Crippen LogP) is 2.01. The van der Waals surface area contributed by atoms with E-state index < -0.39 is 18.6 Å². The van der Waals surface area contributed by atoms with Gasteiger partial charge < -0.3 is 0 Å². The van der Waals surface area contributed by atoms with Crippen LogP contribution in [0.15, 0.2) is 12.3 Å². The van der Waals surface area contributed by atoms with Gasteiger partial charge >= 0.3 is 0 Å². The molecule has 0 amide bonds. The summed E-state index contributed by atoms with van der Waals surface area (Å²) in [5.41, 5.74) is -0.0301. The van der Waals surface area contributed by atoms with Gasteiger partial charge in [0.05, 0.1) is 0 Å². The van der Waals surface area contributed by atoms with E-state index >= 15 is 0 Å². The van der Waals surface area contributed by atoms with Gasteiger partial charge in [-0.2, -0.15) is 0 Å². The number of nitrogens with zero attached hydrogens (tertiary/aromatic N) is 2. The number of halogens is 1. The number of aromatic nitrogens is 2. The lowest BCUT2D eigenvalue weighted by molar-refractivity contribution is 0.988. The smallest absolute Gasteiger partial charge is 0.222 e. The maximum atomic E-state index is 7.79. The van der Waals surface area contributed by atoms with Crippen LogP contribution in [0.25, 0.3) is 0 Å². The van der Waals surface area contributed by atoms with E-state index in [1.54, 1.807) is 0 Å².